The van der Waals surface area contributed by atoms with Crippen molar-refractivity contribution in [2.45, 2.75) is 19.0 Å². The van der Waals surface area contributed by atoms with E-state index in [2.05, 4.69) is 15.3 Å². The number of amides is 2. The van der Waals surface area contributed by atoms with E-state index in [1.165, 1.54) is 0 Å². The maximum absolute atomic E-state index is 13.4. The van der Waals surface area contributed by atoms with Gasteiger partial charge in [0.15, 0.2) is 0 Å². The van der Waals surface area contributed by atoms with Gasteiger partial charge in [-0.1, -0.05) is 35.9 Å². The number of fused-ring (bicyclic) bond motifs is 3. The third kappa shape index (κ3) is 3.64. The zero-order valence-electron chi connectivity index (χ0n) is 16.4. The van der Waals surface area contributed by atoms with Gasteiger partial charge in [0.25, 0.3) is 5.91 Å². The first-order valence-electron chi connectivity index (χ1n) is 9.83. The number of nitrogens with zero attached hydrogens (tertiary/aromatic N) is 4. The Balaban J connectivity index is 1.47. The van der Waals surface area contributed by atoms with Crippen molar-refractivity contribution in [3.63, 3.8) is 0 Å². The number of pyridine rings is 1. The summed E-state index contributed by atoms with van der Waals surface area (Å²) in [5.41, 5.74) is 3.07. The van der Waals surface area contributed by atoms with Crippen LogP contribution in [0.25, 0.3) is 11.0 Å². The standard InChI is InChI=1S/C23H18ClN5O2/c24-16-6-3-7-17(11-16)26-21(30)12-20-22(31)28(14-15-5-4-10-25-13-15)23-27-18-8-1-2-9-19(18)29(20)23/h1-11,13,20H,12,14H2,(H,26,30)/t20-/m0/s1. The first-order chi connectivity index (χ1) is 15.1. The highest BCUT2D eigenvalue weighted by atomic mass is 35.5. The summed E-state index contributed by atoms with van der Waals surface area (Å²) in [5, 5.41) is 3.36. The summed E-state index contributed by atoms with van der Waals surface area (Å²) in [7, 11) is 0. The summed E-state index contributed by atoms with van der Waals surface area (Å²) in [4.78, 5) is 36.6. The van der Waals surface area contributed by atoms with Gasteiger partial charge in [0.1, 0.15) is 6.04 Å². The number of anilines is 2. The van der Waals surface area contributed by atoms with Crippen LogP contribution in [-0.4, -0.2) is 26.3 Å². The van der Waals surface area contributed by atoms with Gasteiger partial charge in [-0.15, -0.1) is 0 Å². The van der Waals surface area contributed by atoms with Crippen LogP contribution >= 0.6 is 11.6 Å². The van der Waals surface area contributed by atoms with E-state index in [-0.39, 0.29) is 18.2 Å². The Morgan fingerprint density at radius 2 is 1.97 bits per heavy atom. The number of carbonyl (C=O) groups is 2. The normalized spacial score (nSPS) is 15.3. The topological polar surface area (TPSA) is 80.1 Å². The van der Waals surface area contributed by atoms with E-state index >= 15 is 0 Å². The fourth-order valence-electron chi connectivity index (χ4n) is 3.87. The van der Waals surface area contributed by atoms with Crippen LogP contribution in [0.15, 0.2) is 73.1 Å². The molecule has 0 unspecified atom stereocenters. The lowest BCUT2D eigenvalue weighted by Gasteiger charge is -2.16. The number of hydrogen-bond acceptors (Lipinski definition) is 4. The molecule has 2 aromatic heterocycles. The third-order valence-corrected chi connectivity index (χ3v) is 5.47. The van der Waals surface area contributed by atoms with E-state index in [9.17, 15) is 9.59 Å². The SMILES string of the molecule is O=C(C[C@H]1C(=O)N(Cc2cccnc2)c2nc3ccccc3n21)Nc1cccc(Cl)c1. The number of carbonyl (C=O) groups excluding carboxylic acids is 2. The highest BCUT2D eigenvalue weighted by Crippen LogP contribution is 2.37. The van der Waals surface area contributed by atoms with Gasteiger partial charge in [-0.05, 0) is 42.0 Å². The second-order valence-electron chi connectivity index (χ2n) is 7.33. The van der Waals surface area contributed by atoms with Crippen LogP contribution in [0.3, 0.4) is 0 Å². The minimum absolute atomic E-state index is 0.0117. The fraction of sp³-hybridized carbons (Fsp3) is 0.130. The van der Waals surface area contributed by atoms with Crippen molar-refractivity contribution in [1.82, 2.24) is 14.5 Å². The van der Waals surface area contributed by atoms with E-state index < -0.39 is 6.04 Å². The number of benzene rings is 2. The molecule has 1 atom stereocenters. The Morgan fingerprint density at radius 3 is 2.77 bits per heavy atom. The number of imidazole rings is 1. The molecule has 31 heavy (non-hydrogen) atoms. The van der Waals surface area contributed by atoms with Gasteiger partial charge in [0, 0.05) is 23.1 Å². The van der Waals surface area contributed by atoms with Crippen LogP contribution in [0.5, 0.6) is 0 Å². The molecule has 0 saturated heterocycles. The summed E-state index contributed by atoms with van der Waals surface area (Å²) in [6.45, 7) is 0.336. The fourth-order valence-corrected chi connectivity index (χ4v) is 4.06. The number of hydrogen-bond donors (Lipinski definition) is 1. The molecule has 4 aromatic rings. The summed E-state index contributed by atoms with van der Waals surface area (Å²) in [6.07, 6.45) is 3.40. The molecule has 8 heteroatoms. The Kier molecular flexibility index (Phi) is 4.88. The van der Waals surface area contributed by atoms with Gasteiger partial charge >= 0.3 is 0 Å². The number of rotatable bonds is 5. The largest absolute Gasteiger partial charge is 0.326 e. The van der Waals surface area contributed by atoms with Crippen molar-refractivity contribution in [3.05, 3.63) is 83.6 Å². The lowest BCUT2D eigenvalue weighted by atomic mass is 10.1. The molecule has 0 saturated carbocycles. The van der Waals surface area contributed by atoms with Gasteiger partial charge in [-0.25, -0.2) is 4.98 Å². The number of para-hydroxylation sites is 2. The molecule has 0 spiro atoms. The zero-order chi connectivity index (χ0) is 21.4. The van der Waals surface area contributed by atoms with Gasteiger partial charge < -0.3 is 5.32 Å². The van der Waals surface area contributed by atoms with E-state index in [0.717, 1.165) is 16.6 Å². The monoisotopic (exact) mass is 431 g/mol. The molecule has 0 radical (unpaired) electrons. The van der Waals surface area contributed by atoms with E-state index in [1.807, 2.05) is 41.0 Å². The molecular weight excluding hydrogens is 414 g/mol. The minimum Gasteiger partial charge on any atom is -0.326 e. The molecule has 0 bridgehead atoms. The van der Waals surface area contributed by atoms with Crippen molar-refractivity contribution in [3.8, 4) is 0 Å². The van der Waals surface area contributed by atoms with Crippen LogP contribution in [0, 0.1) is 0 Å². The summed E-state index contributed by atoms with van der Waals surface area (Å²) < 4.78 is 1.85. The van der Waals surface area contributed by atoms with Crippen molar-refractivity contribution in [2.24, 2.45) is 0 Å². The molecule has 2 aromatic carbocycles. The maximum Gasteiger partial charge on any atom is 0.253 e. The van der Waals surface area contributed by atoms with Crippen molar-refractivity contribution >= 4 is 46.1 Å². The predicted molar refractivity (Wildman–Crippen MR) is 119 cm³/mol. The molecule has 5 rings (SSSR count). The van der Waals surface area contributed by atoms with Gasteiger partial charge in [-0.2, -0.15) is 0 Å². The highest BCUT2D eigenvalue weighted by molar-refractivity contribution is 6.30. The predicted octanol–water partition coefficient (Wildman–Crippen LogP) is 4.20. The van der Waals surface area contributed by atoms with Crippen LogP contribution in [-0.2, 0) is 16.1 Å². The third-order valence-electron chi connectivity index (χ3n) is 5.23. The van der Waals surface area contributed by atoms with Crippen LogP contribution in [0.2, 0.25) is 5.02 Å². The summed E-state index contributed by atoms with van der Waals surface area (Å²) in [6, 6.07) is 17.6. The molecule has 3 heterocycles. The van der Waals surface area contributed by atoms with Crippen molar-refractivity contribution in [1.29, 1.82) is 0 Å². The Labute approximate surface area is 183 Å². The Bertz CT molecular complexity index is 1290. The maximum atomic E-state index is 13.4. The number of aromatic nitrogens is 3. The van der Waals surface area contributed by atoms with E-state index in [1.54, 1.807) is 41.6 Å². The highest BCUT2D eigenvalue weighted by Gasteiger charge is 2.40. The first-order valence-corrected chi connectivity index (χ1v) is 10.2. The lowest BCUT2D eigenvalue weighted by molar-refractivity contribution is -0.124. The molecule has 0 aliphatic carbocycles. The number of halogens is 1. The molecule has 0 fully saturated rings. The van der Waals surface area contributed by atoms with Crippen molar-refractivity contribution in [2.75, 3.05) is 10.2 Å². The van der Waals surface area contributed by atoms with Crippen LogP contribution in [0.1, 0.15) is 18.0 Å². The number of nitrogens with one attached hydrogen (secondary N) is 1. The molecule has 2 amide bonds. The van der Waals surface area contributed by atoms with E-state index in [4.69, 9.17) is 11.6 Å². The average molecular weight is 432 g/mol. The lowest BCUT2D eigenvalue weighted by Crippen LogP contribution is -2.31. The van der Waals surface area contributed by atoms with Gasteiger partial charge in [0.2, 0.25) is 11.9 Å². The summed E-state index contributed by atoms with van der Waals surface area (Å²) in [5.74, 6) is 0.0986. The van der Waals surface area contributed by atoms with Crippen LogP contribution < -0.4 is 10.2 Å². The Hall–Kier alpha value is -3.71. The molecule has 1 N–H and O–H groups in total. The molecule has 1 aliphatic rings. The summed E-state index contributed by atoms with van der Waals surface area (Å²) >= 11 is 6.01. The molecule has 7 nitrogen and oxygen atoms in total. The molecule has 1 aliphatic heterocycles. The molecule has 154 valence electrons. The van der Waals surface area contributed by atoms with Gasteiger partial charge in [-0.3, -0.25) is 24.0 Å². The quantitative estimate of drug-likeness (QED) is 0.513. The first kappa shape index (κ1) is 19.3. The average Bonchev–Trinajstić information content (AvgIpc) is 3.25. The smallest absolute Gasteiger partial charge is 0.253 e. The minimum atomic E-state index is -0.682. The molecular formula is C23H18ClN5O2. The second kappa shape index (κ2) is 7.85. The zero-order valence-corrected chi connectivity index (χ0v) is 17.2. The second-order valence-corrected chi connectivity index (χ2v) is 7.77. The van der Waals surface area contributed by atoms with Crippen molar-refractivity contribution < 1.29 is 9.59 Å². The van der Waals surface area contributed by atoms with Gasteiger partial charge in [0.05, 0.1) is 24.0 Å². The van der Waals surface area contributed by atoms with Crippen LogP contribution in [0.4, 0.5) is 11.6 Å². The Morgan fingerprint density at radius 1 is 1.10 bits per heavy atom. The van der Waals surface area contributed by atoms with E-state index in [0.29, 0.717) is 23.2 Å².